The Morgan fingerprint density at radius 3 is 2.00 bits per heavy atom. The minimum Gasteiger partial charge on any atom is -0.258 e. The van der Waals surface area contributed by atoms with Crippen LogP contribution >= 0.6 is 0 Å². The van der Waals surface area contributed by atoms with Crippen molar-refractivity contribution in [2.75, 3.05) is 0 Å². The number of nitro groups is 1. The average Bonchev–Trinajstić information content (AvgIpc) is 2.15. The zero-order valence-corrected chi connectivity index (χ0v) is 7.84. The van der Waals surface area contributed by atoms with Crippen LogP contribution < -0.4 is 0 Å². The van der Waals surface area contributed by atoms with Crippen molar-refractivity contribution in [1.82, 2.24) is 0 Å². The van der Waals surface area contributed by atoms with Crippen molar-refractivity contribution in [3.8, 4) is 0 Å². The summed E-state index contributed by atoms with van der Waals surface area (Å²) in [5.74, 6) is 0. The van der Waals surface area contributed by atoms with Crippen LogP contribution in [0.2, 0.25) is 0 Å². The highest BCUT2D eigenvalue weighted by Gasteiger charge is 2.38. The first-order chi connectivity index (χ1) is 6.82. The van der Waals surface area contributed by atoms with Crippen LogP contribution in [0, 0.1) is 10.1 Å². The van der Waals surface area contributed by atoms with Crippen molar-refractivity contribution in [3.05, 3.63) is 34.4 Å². The van der Waals surface area contributed by atoms with Crippen LogP contribution in [0.3, 0.4) is 0 Å². The van der Waals surface area contributed by atoms with E-state index in [4.69, 9.17) is 0 Å². The van der Waals surface area contributed by atoms with Gasteiger partial charge in [-0.15, -0.1) is 0 Å². The standard InChI is InChI=1S/C7H4F3NO3S/c8-7(9,10)15(14)6-3-1-5(2-4-6)11(12)13/h1-4H. The third-order valence-corrected chi connectivity index (χ3v) is 2.59. The number of hydrogen-bond donors (Lipinski definition) is 0. The molecule has 0 amide bonds. The Morgan fingerprint density at radius 1 is 1.20 bits per heavy atom. The molecular formula is C7H4F3NO3S. The van der Waals surface area contributed by atoms with Gasteiger partial charge >= 0.3 is 5.51 Å². The molecule has 0 aliphatic carbocycles. The maximum atomic E-state index is 12.0. The quantitative estimate of drug-likeness (QED) is 0.587. The molecule has 8 heteroatoms. The molecule has 1 unspecified atom stereocenters. The minimum atomic E-state index is -4.85. The van der Waals surface area contributed by atoms with E-state index in [-0.39, 0.29) is 5.69 Å². The lowest BCUT2D eigenvalue weighted by Gasteiger charge is -2.04. The Labute approximate surface area is 84.3 Å². The van der Waals surface area contributed by atoms with Crippen LogP contribution in [0.1, 0.15) is 0 Å². The SMILES string of the molecule is O=[N+]([O-])c1ccc(S(=O)C(F)(F)F)cc1. The van der Waals surface area contributed by atoms with Gasteiger partial charge in [0.15, 0.2) is 10.8 Å². The molecule has 1 rings (SSSR count). The number of nitrogens with zero attached hydrogens (tertiary/aromatic N) is 1. The molecule has 0 fully saturated rings. The van der Waals surface area contributed by atoms with Gasteiger partial charge in [0.1, 0.15) is 0 Å². The molecule has 4 nitrogen and oxygen atoms in total. The number of benzene rings is 1. The molecule has 0 N–H and O–H groups in total. The second-order valence-corrected chi connectivity index (χ2v) is 3.94. The molecule has 82 valence electrons. The normalized spacial score (nSPS) is 13.5. The van der Waals surface area contributed by atoms with Gasteiger partial charge in [-0.1, -0.05) is 0 Å². The summed E-state index contributed by atoms with van der Waals surface area (Å²) in [7, 11) is -3.14. The first-order valence-corrected chi connectivity index (χ1v) is 4.70. The fourth-order valence-electron chi connectivity index (χ4n) is 0.825. The Hall–Kier alpha value is -1.44. The van der Waals surface area contributed by atoms with Crippen molar-refractivity contribution in [3.63, 3.8) is 0 Å². The summed E-state index contributed by atoms with van der Waals surface area (Å²) < 4.78 is 46.6. The molecule has 0 spiro atoms. The Balaban J connectivity index is 3.00. The van der Waals surface area contributed by atoms with E-state index >= 15 is 0 Å². The summed E-state index contributed by atoms with van der Waals surface area (Å²) >= 11 is 0. The van der Waals surface area contributed by atoms with E-state index in [1.165, 1.54) is 0 Å². The van der Waals surface area contributed by atoms with Crippen LogP contribution in [0.5, 0.6) is 0 Å². The van der Waals surface area contributed by atoms with Crippen molar-refractivity contribution < 1.29 is 22.3 Å². The molecule has 0 saturated carbocycles. The van der Waals surface area contributed by atoms with Crippen LogP contribution in [-0.2, 0) is 10.8 Å². The molecule has 1 atom stereocenters. The largest absolute Gasteiger partial charge is 0.475 e. The highest BCUT2D eigenvalue weighted by molar-refractivity contribution is 7.86. The molecule has 0 bridgehead atoms. The number of alkyl halides is 3. The van der Waals surface area contributed by atoms with Gasteiger partial charge in [0.25, 0.3) is 5.69 Å². The highest BCUT2D eigenvalue weighted by atomic mass is 32.2. The van der Waals surface area contributed by atoms with E-state index in [0.717, 1.165) is 24.3 Å². The van der Waals surface area contributed by atoms with E-state index < -0.39 is 26.1 Å². The van der Waals surface area contributed by atoms with Gasteiger partial charge in [0.05, 0.1) is 4.92 Å². The molecule has 0 saturated heterocycles. The monoisotopic (exact) mass is 239 g/mol. The van der Waals surface area contributed by atoms with Gasteiger partial charge in [-0.25, -0.2) is 4.21 Å². The lowest BCUT2D eigenvalue weighted by atomic mass is 10.3. The molecule has 0 radical (unpaired) electrons. The maximum absolute atomic E-state index is 12.0. The van der Waals surface area contributed by atoms with E-state index in [1.54, 1.807) is 0 Å². The number of nitro benzene ring substituents is 1. The lowest BCUT2D eigenvalue weighted by molar-refractivity contribution is -0.384. The van der Waals surface area contributed by atoms with Gasteiger partial charge in [-0.05, 0) is 12.1 Å². The Bertz CT molecular complexity index is 401. The molecule has 0 aliphatic rings. The second-order valence-electron chi connectivity index (χ2n) is 2.47. The molecule has 0 heterocycles. The zero-order valence-electron chi connectivity index (χ0n) is 7.02. The predicted molar refractivity (Wildman–Crippen MR) is 45.6 cm³/mol. The molecule has 1 aromatic rings. The zero-order chi connectivity index (χ0) is 11.6. The predicted octanol–water partition coefficient (Wildman–Crippen LogP) is 2.22. The number of rotatable bonds is 2. The van der Waals surface area contributed by atoms with Crippen LogP contribution in [-0.4, -0.2) is 14.6 Å². The number of hydrogen-bond acceptors (Lipinski definition) is 3. The van der Waals surface area contributed by atoms with E-state index in [1.807, 2.05) is 0 Å². The first kappa shape index (κ1) is 11.6. The topological polar surface area (TPSA) is 60.2 Å². The summed E-state index contributed by atoms with van der Waals surface area (Å²) in [6, 6.07) is 3.39. The fraction of sp³-hybridized carbons (Fsp3) is 0.143. The van der Waals surface area contributed by atoms with Crippen molar-refractivity contribution >= 4 is 16.5 Å². The van der Waals surface area contributed by atoms with E-state index in [2.05, 4.69) is 0 Å². The number of halogens is 3. The second kappa shape index (κ2) is 3.97. The van der Waals surface area contributed by atoms with Crippen LogP contribution in [0.4, 0.5) is 18.9 Å². The third kappa shape index (κ3) is 2.75. The summed E-state index contributed by atoms with van der Waals surface area (Å²) in [6.07, 6.45) is 0. The molecule has 0 aliphatic heterocycles. The summed E-state index contributed by atoms with van der Waals surface area (Å²) in [6.45, 7) is 0. The molecule has 15 heavy (non-hydrogen) atoms. The molecular weight excluding hydrogens is 235 g/mol. The van der Waals surface area contributed by atoms with Gasteiger partial charge in [-0.2, -0.15) is 13.2 Å². The van der Waals surface area contributed by atoms with Crippen LogP contribution in [0.25, 0.3) is 0 Å². The number of non-ortho nitro benzene ring substituents is 1. The third-order valence-electron chi connectivity index (χ3n) is 1.47. The summed E-state index contributed by atoms with van der Waals surface area (Å²) in [5.41, 5.74) is -5.20. The van der Waals surface area contributed by atoms with Gasteiger partial charge in [-0.3, -0.25) is 10.1 Å². The molecule has 0 aromatic heterocycles. The van der Waals surface area contributed by atoms with Gasteiger partial charge < -0.3 is 0 Å². The fourth-order valence-corrected chi connectivity index (χ4v) is 1.48. The Kier molecular flexibility index (Phi) is 3.08. The minimum absolute atomic E-state index is 0.349. The summed E-state index contributed by atoms with van der Waals surface area (Å²) in [4.78, 5) is 8.93. The van der Waals surface area contributed by atoms with Crippen molar-refractivity contribution in [2.45, 2.75) is 10.4 Å². The first-order valence-electron chi connectivity index (χ1n) is 3.55. The van der Waals surface area contributed by atoms with Crippen LogP contribution in [0.15, 0.2) is 29.2 Å². The average molecular weight is 239 g/mol. The van der Waals surface area contributed by atoms with E-state index in [0.29, 0.717) is 0 Å². The lowest BCUT2D eigenvalue weighted by Crippen LogP contribution is -2.16. The van der Waals surface area contributed by atoms with E-state index in [9.17, 15) is 27.5 Å². The highest BCUT2D eigenvalue weighted by Crippen LogP contribution is 2.27. The van der Waals surface area contributed by atoms with Gasteiger partial charge in [0, 0.05) is 17.0 Å². The smallest absolute Gasteiger partial charge is 0.258 e. The Morgan fingerprint density at radius 2 is 1.67 bits per heavy atom. The molecule has 1 aromatic carbocycles. The maximum Gasteiger partial charge on any atom is 0.475 e. The van der Waals surface area contributed by atoms with Crippen molar-refractivity contribution in [2.24, 2.45) is 0 Å². The van der Waals surface area contributed by atoms with Gasteiger partial charge in [0.2, 0.25) is 0 Å². The van der Waals surface area contributed by atoms with Crippen molar-refractivity contribution in [1.29, 1.82) is 0 Å². The summed E-state index contributed by atoms with van der Waals surface area (Å²) in [5, 5.41) is 10.2.